The highest BCUT2D eigenvalue weighted by Crippen LogP contribution is 2.26. The van der Waals surface area contributed by atoms with Gasteiger partial charge >= 0.3 is 0 Å². The topological polar surface area (TPSA) is 15.3 Å². The van der Waals surface area contributed by atoms with Crippen molar-refractivity contribution in [3.63, 3.8) is 0 Å². The highest BCUT2D eigenvalue weighted by molar-refractivity contribution is 4.88. The van der Waals surface area contributed by atoms with E-state index in [0.29, 0.717) is 23.5 Å². The summed E-state index contributed by atoms with van der Waals surface area (Å²) in [4.78, 5) is 2.60. The molecule has 0 spiro atoms. The van der Waals surface area contributed by atoms with Crippen LogP contribution in [0.5, 0.6) is 0 Å². The summed E-state index contributed by atoms with van der Waals surface area (Å²) < 4.78 is 0. The first-order chi connectivity index (χ1) is 8.79. The molecule has 0 aromatic rings. The van der Waals surface area contributed by atoms with E-state index in [9.17, 15) is 0 Å². The van der Waals surface area contributed by atoms with Gasteiger partial charge in [0.1, 0.15) is 0 Å². The van der Waals surface area contributed by atoms with E-state index in [1.54, 1.807) is 0 Å². The van der Waals surface area contributed by atoms with Crippen molar-refractivity contribution in [2.24, 2.45) is 5.41 Å². The first-order valence-electron chi connectivity index (χ1n) is 8.24. The van der Waals surface area contributed by atoms with Gasteiger partial charge in [-0.05, 0) is 45.2 Å². The van der Waals surface area contributed by atoms with E-state index in [4.69, 9.17) is 0 Å². The molecular formula is C17H38N2. The normalized spacial score (nSPS) is 17.5. The summed E-state index contributed by atoms with van der Waals surface area (Å²) in [5.74, 6) is 0. The third kappa shape index (κ3) is 6.27. The summed E-state index contributed by atoms with van der Waals surface area (Å²) in [6, 6.07) is 1.87. The molecule has 19 heavy (non-hydrogen) atoms. The number of hydrogen-bond acceptors (Lipinski definition) is 2. The molecule has 0 aromatic carbocycles. The lowest BCUT2D eigenvalue weighted by molar-refractivity contribution is 0.0726. The fourth-order valence-corrected chi connectivity index (χ4v) is 2.83. The Labute approximate surface area is 122 Å². The first-order valence-corrected chi connectivity index (χ1v) is 8.24. The Balaban J connectivity index is 4.81. The molecule has 3 atom stereocenters. The van der Waals surface area contributed by atoms with Crippen LogP contribution in [0.4, 0.5) is 0 Å². The fourth-order valence-electron chi connectivity index (χ4n) is 2.83. The Morgan fingerprint density at radius 3 is 2.00 bits per heavy atom. The highest BCUT2D eigenvalue weighted by Gasteiger charge is 2.31. The lowest BCUT2D eigenvalue weighted by atomic mass is 9.85. The van der Waals surface area contributed by atoms with Gasteiger partial charge in [0.2, 0.25) is 0 Å². The van der Waals surface area contributed by atoms with Crippen LogP contribution < -0.4 is 5.32 Å². The van der Waals surface area contributed by atoms with E-state index in [-0.39, 0.29) is 0 Å². The molecular weight excluding hydrogens is 232 g/mol. The van der Waals surface area contributed by atoms with Crippen LogP contribution in [0, 0.1) is 5.41 Å². The van der Waals surface area contributed by atoms with Gasteiger partial charge in [-0.3, -0.25) is 4.90 Å². The quantitative estimate of drug-likeness (QED) is 0.672. The van der Waals surface area contributed by atoms with Gasteiger partial charge in [0.15, 0.2) is 0 Å². The van der Waals surface area contributed by atoms with Crippen LogP contribution in [-0.4, -0.2) is 36.6 Å². The largest absolute Gasteiger partial charge is 0.312 e. The summed E-state index contributed by atoms with van der Waals surface area (Å²) in [6.45, 7) is 17.4. The maximum atomic E-state index is 3.77. The van der Waals surface area contributed by atoms with Crippen molar-refractivity contribution in [3.8, 4) is 0 Å². The lowest BCUT2D eigenvalue weighted by Gasteiger charge is -2.43. The lowest BCUT2D eigenvalue weighted by Crippen LogP contribution is -2.54. The van der Waals surface area contributed by atoms with Crippen LogP contribution in [0.15, 0.2) is 0 Å². The molecule has 0 fully saturated rings. The molecule has 0 heterocycles. The van der Waals surface area contributed by atoms with E-state index >= 15 is 0 Å². The van der Waals surface area contributed by atoms with Crippen LogP contribution >= 0.6 is 0 Å². The molecule has 0 aromatic heterocycles. The van der Waals surface area contributed by atoms with E-state index in [1.165, 1.54) is 25.7 Å². The zero-order valence-corrected chi connectivity index (χ0v) is 14.7. The van der Waals surface area contributed by atoms with Crippen LogP contribution in [0.2, 0.25) is 0 Å². The Morgan fingerprint density at radius 2 is 1.63 bits per heavy atom. The average molecular weight is 271 g/mol. The van der Waals surface area contributed by atoms with E-state index < -0.39 is 0 Å². The predicted octanol–water partition coefficient (Wildman–Crippen LogP) is 4.30. The molecule has 0 saturated carbocycles. The maximum absolute atomic E-state index is 3.77. The average Bonchev–Trinajstić information content (AvgIpc) is 2.34. The minimum atomic E-state index is 0.337. The number of hydrogen-bond donors (Lipinski definition) is 1. The van der Waals surface area contributed by atoms with Crippen molar-refractivity contribution >= 4 is 0 Å². The molecule has 0 aliphatic rings. The zero-order valence-electron chi connectivity index (χ0n) is 14.7. The van der Waals surface area contributed by atoms with Gasteiger partial charge in [-0.1, -0.05) is 48.0 Å². The summed E-state index contributed by atoms with van der Waals surface area (Å²) in [5.41, 5.74) is 0.337. The smallest absolute Gasteiger partial charge is 0.0246 e. The minimum Gasteiger partial charge on any atom is -0.312 e. The molecule has 2 heteroatoms. The van der Waals surface area contributed by atoms with Crippen molar-refractivity contribution in [2.45, 2.75) is 92.3 Å². The van der Waals surface area contributed by atoms with Crippen molar-refractivity contribution in [2.75, 3.05) is 13.6 Å². The van der Waals surface area contributed by atoms with Crippen LogP contribution in [-0.2, 0) is 0 Å². The third-order valence-corrected chi connectivity index (χ3v) is 4.53. The number of likely N-dealkylation sites (N-methyl/N-ethyl adjacent to an activating group) is 1. The minimum absolute atomic E-state index is 0.337. The van der Waals surface area contributed by atoms with Gasteiger partial charge in [0.05, 0.1) is 0 Å². The molecule has 0 amide bonds. The second-order valence-corrected chi connectivity index (χ2v) is 7.03. The van der Waals surface area contributed by atoms with Crippen molar-refractivity contribution < 1.29 is 0 Å². The van der Waals surface area contributed by atoms with Crippen LogP contribution in [0.3, 0.4) is 0 Å². The van der Waals surface area contributed by atoms with E-state index in [1.807, 2.05) is 0 Å². The van der Waals surface area contributed by atoms with Gasteiger partial charge in [0.25, 0.3) is 0 Å². The summed E-state index contributed by atoms with van der Waals surface area (Å²) >= 11 is 0. The van der Waals surface area contributed by atoms with Crippen LogP contribution in [0.25, 0.3) is 0 Å². The Morgan fingerprint density at radius 1 is 1.05 bits per heavy atom. The summed E-state index contributed by atoms with van der Waals surface area (Å²) in [5, 5.41) is 3.77. The molecule has 0 aliphatic carbocycles. The van der Waals surface area contributed by atoms with Crippen molar-refractivity contribution in [1.82, 2.24) is 10.2 Å². The van der Waals surface area contributed by atoms with Gasteiger partial charge in [-0.15, -0.1) is 0 Å². The van der Waals surface area contributed by atoms with E-state index in [0.717, 1.165) is 6.54 Å². The second kappa shape index (κ2) is 8.97. The number of nitrogens with zero attached hydrogens (tertiary/aromatic N) is 1. The Hall–Kier alpha value is -0.0800. The maximum Gasteiger partial charge on any atom is 0.0246 e. The van der Waals surface area contributed by atoms with Crippen molar-refractivity contribution in [1.29, 1.82) is 0 Å². The van der Waals surface area contributed by atoms with Gasteiger partial charge in [-0.2, -0.15) is 0 Å². The van der Waals surface area contributed by atoms with Gasteiger partial charge < -0.3 is 5.32 Å². The number of rotatable bonds is 9. The highest BCUT2D eigenvalue weighted by atomic mass is 15.2. The Bertz CT molecular complexity index is 220. The zero-order chi connectivity index (χ0) is 15.1. The SMILES string of the molecule is CCCNC(CCC)C(CC)N(C)C(C)C(C)(C)C. The van der Waals surface area contributed by atoms with E-state index in [2.05, 4.69) is 65.7 Å². The van der Waals surface area contributed by atoms with Gasteiger partial charge in [-0.25, -0.2) is 0 Å². The monoisotopic (exact) mass is 270 g/mol. The molecule has 0 rings (SSSR count). The molecule has 116 valence electrons. The van der Waals surface area contributed by atoms with Gasteiger partial charge in [0, 0.05) is 18.1 Å². The van der Waals surface area contributed by atoms with Crippen LogP contribution in [0.1, 0.15) is 74.1 Å². The molecule has 0 aliphatic heterocycles. The predicted molar refractivity (Wildman–Crippen MR) is 87.7 cm³/mol. The summed E-state index contributed by atoms with van der Waals surface area (Å²) in [6.07, 6.45) is 4.98. The molecule has 1 N–H and O–H groups in total. The molecule has 3 unspecified atom stereocenters. The molecule has 0 radical (unpaired) electrons. The standard InChI is InChI=1S/C17H38N2/c1-9-12-15(18-13-10-2)16(11-3)19(8)14(4)17(5,6)7/h14-16,18H,9-13H2,1-8H3. The third-order valence-electron chi connectivity index (χ3n) is 4.53. The Kier molecular flexibility index (Phi) is 8.93. The fraction of sp³-hybridized carbons (Fsp3) is 1.00. The molecule has 2 nitrogen and oxygen atoms in total. The molecule has 0 bridgehead atoms. The second-order valence-electron chi connectivity index (χ2n) is 7.03. The number of nitrogens with one attached hydrogen (secondary N) is 1. The molecule has 0 saturated heterocycles. The summed E-state index contributed by atoms with van der Waals surface area (Å²) in [7, 11) is 2.31. The first kappa shape index (κ1) is 18.9. The van der Waals surface area contributed by atoms with Crippen molar-refractivity contribution in [3.05, 3.63) is 0 Å².